The maximum absolute atomic E-state index is 13.2. The Balaban J connectivity index is 2.90. The average Bonchev–Trinajstić information content (AvgIpc) is 2.14. The number of halogens is 1. The summed E-state index contributed by atoms with van der Waals surface area (Å²) in [5.41, 5.74) is 0.603. The Kier molecular flexibility index (Phi) is 3.67. The van der Waals surface area contributed by atoms with E-state index in [2.05, 4.69) is 9.57 Å². The van der Waals surface area contributed by atoms with Gasteiger partial charge in [0.25, 0.3) is 0 Å². The Morgan fingerprint density at radius 3 is 2.71 bits per heavy atom. The van der Waals surface area contributed by atoms with Gasteiger partial charge in [-0.25, -0.2) is 10.3 Å². The highest BCUT2D eigenvalue weighted by atomic mass is 19.1. The van der Waals surface area contributed by atoms with E-state index in [4.69, 9.17) is 5.90 Å². The Labute approximate surface area is 81.0 Å². The first kappa shape index (κ1) is 10.7. The molecular weight excluding hydrogens is 189 g/mol. The molecule has 0 heterocycles. The van der Waals surface area contributed by atoms with Gasteiger partial charge < -0.3 is 14.7 Å². The van der Waals surface area contributed by atoms with E-state index in [1.54, 1.807) is 0 Å². The fraction of sp³-hybridized carbons (Fsp3) is 0.333. The summed E-state index contributed by atoms with van der Waals surface area (Å²) >= 11 is 0. The number of phenols is 1. The third-order valence-corrected chi connectivity index (χ3v) is 1.80. The molecule has 0 aliphatic carbocycles. The predicted molar refractivity (Wildman–Crippen MR) is 48.5 cm³/mol. The van der Waals surface area contributed by atoms with Crippen molar-refractivity contribution in [2.45, 2.75) is 6.42 Å². The van der Waals surface area contributed by atoms with Crippen LogP contribution in [0.5, 0.6) is 11.5 Å². The van der Waals surface area contributed by atoms with Crippen LogP contribution in [0.3, 0.4) is 0 Å². The highest BCUT2D eigenvalue weighted by Crippen LogP contribution is 2.30. The van der Waals surface area contributed by atoms with Crippen molar-refractivity contribution in [2.24, 2.45) is 5.90 Å². The number of ether oxygens (including phenoxy) is 1. The van der Waals surface area contributed by atoms with Gasteiger partial charge in [0.05, 0.1) is 13.7 Å². The van der Waals surface area contributed by atoms with Crippen LogP contribution in [0.1, 0.15) is 5.56 Å². The summed E-state index contributed by atoms with van der Waals surface area (Å²) in [5.74, 6) is 3.86. The van der Waals surface area contributed by atoms with Crippen molar-refractivity contribution < 1.29 is 19.1 Å². The largest absolute Gasteiger partial charge is 0.504 e. The molecule has 0 saturated carbocycles. The molecular formula is C9H12FNO3. The monoisotopic (exact) mass is 201 g/mol. The average molecular weight is 201 g/mol. The summed E-state index contributed by atoms with van der Waals surface area (Å²) in [6.07, 6.45) is 0.435. The maximum atomic E-state index is 13.2. The molecule has 78 valence electrons. The van der Waals surface area contributed by atoms with Gasteiger partial charge >= 0.3 is 0 Å². The van der Waals surface area contributed by atoms with Gasteiger partial charge in [0.1, 0.15) is 0 Å². The van der Waals surface area contributed by atoms with Crippen LogP contribution >= 0.6 is 0 Å². The number of hydrogen-bond acceptors (Lipinski definition) is 4. The number of hydrogen-bond donors (Lipinski definition) is 2. The van der Waals surface area contributed by atoms with Gasteiger partial charge in [-0.2, -0.15) is 0 Å². The number of rotatable bonds is 4. The van der Waals surface area contributed by atoms with Crippen molar-refractivity contribution >= 4 is 0 Å². The van der Waals surface area contributed by atoms with E-state index in [0.29, 0.717) is 12.0 Å². The SMILES string of the molecule is COc1c(O)cc(CCON)cc1F. The standard InChI is InChI=1S/C9H12FNO3/c1-13-9-7(10)4-6(2-3-14-11)5-8(9)12/h4-5,12H,2-3,11H2,1H3. The number of phenolic OH excluding ortho intramolecular Hbond substituents is 1. The molecule has 0 amide bonds. The van der Waals surface area contributed by atoms with Gasteiger partial charge in [-0.1, -0.05) is 0 Å². The topological polar surface area (TPSA) is 64.7 Å². The van der Waals surface area contributed by atoms with Crippen LogP contribution in [0, 0.1) is 5.82 Å². The summed E-state index contributed by atoms with van der Waals surface area (Å²) in [5, 5.41) is 9.33. The lowest BCUT2D eigenvalue weighted by Crippen LogP contribution is -2.04. The molecule has 0 bridgehead atoms. The van der Waals surface area contributed by atoms with Crippen molar-refractivity contribution in [3.05, 3.63) is 23.5 Å². The minimum absolute atomic E-state index is 0.151. The van der Waals surface area contributed by atoms with Crippen LogP contribution in [0.4, 0.5) is 4.39 Å². The fourth-order valence-electron chi connectivity index (χ4n) is 1.16. The molecule has 1 aromatic rings. The first-order valence-electron chi connectivity index (χ1n) is 4.06. The quantitative estimate of drug-likeness (QED) is 0.712. The molecule has 5 heteroatoms. The zero-order valence-corrected chi connectivity index (χ0v) is 7.79. The molecule has 0 radical (unpaired) electrons. The lowest BCUT2D eigenvalue weighted by Gasteiger charge is -2.07. The number of methoxy groups -OCH3 is 1. The Morgan fingerprint density at radius 1 is 1.50 bits per heavy atom. The van der Waals surface area contributed by atoms with Crippen LogP contribution < -0.4 is 10.6 Å². The molecule has 3 N–H and O–H groups in total. The van der Waals surface area contributed by atoms with Crippen LogP contribution in [0.2, 0.25) is 0 Å². The fourth-order valence-corrected chi connectivity index (χ4v) is 1.16. The second-order valence-corrected chi connectivity index (χ2v) is 2.75. The number of benzene rings is 1. The van der Waals surface area contributed by atoms with Gasteiger partial charge in [-0.15, -0.1) is 0 Å². The van der Waals surface area contributed by atoms with E-state index < -0.39 is 5.82 Å². The summed E-state index contributed by atoms with van der Waals surface area (Å²) < 4.78 is 17.8. The van der Waals surface area contributed by atoms with E-state index in [1.807, 2.05) is 0 Å². The lowest BCUT2D eigenvalue weighted by atomic mass is 10.1. The van der Waals surface area contributed by atoms with Gasteiger partial charge in [0.15, 0.2) is 17.3 Å². The zero-order chi connectivity index (χ0) is 10.6. The molecule has 4 nitrogen and oxygen atoms in total. The van der Waals surface area contributed by atoms with Gasteiger partial charge in [0.2, 0.25) is 0 Å². The molecule has 0 fully saturated rings. The van der Waals surface area contributed by atoms with Crippen molar-refractivity contribution in [1.82, 2.24) is 0 Å². The molecule has 0 spiro atoms. The third-order valence-electron chi connectivity index (χ3n) is 1.80. The molecule has 0 aliphatic rings. The van der Waals surface area contributed by atoms with Crippen molar-refractivity contribution in [2.75, 3.05) is 13.7 Å². The first-order valence-corrected chi connectivity index (χ1v) is 4.06. The summed E-state index contributed by atoms with van der Waals surface area (Å²) in [7, 11) is 1.29. The minimum Gasteiger partial charge on any atom is -0.504 e. The third kappa shape index (κ3) is 2.34. The molecule has 14 heavy (non-hydrogen) atoms. The van der Waals surface area contributed by atoms with E-state index in [0.717, 1.165) is 0 Å². The maximum Gasteiger partial charge on any atom is 0.196 e. The van der Waals surface area contributed by atoms with Crippen molar-refractivity contribution in [1.29, 1.82) is 0 Å². The highest BCUT2D eigenvalue weighted by molar-refractivity contribution is 5.43. The molecule has 1 rings (SSSR count). The Morgan fingerprint density at radius 2 is 2.21 bits per heavy atom. The molecule has 0 aromatic heterocycles. The highest BCUT2D eigenvalue weighted by Gasteiger charge is 2.10. The van der Waals surface area contributed by atoms with Gasteiger partial charge in [0, 0.05) is 0 Å². The predicted octanol–water partition coefficient (Wildman–Crippen LogP) is 0.973. The smallest absolute Gasteiger partial charge is 0.196 e. The van der Waals surface area contributed by atoms with Crippen LogP contribution in [-0.2, 0) is 11.3 Å². The summed E-state index contributed by atoms with van der Waals surface area (Å²) in [4.78, 5) is 4.35. The van der Waals surface area contributed by atoms with E-state index >= 15 is 0 Å². The van der Waals surface area contributed by atoms with E-state index in [-0.39, 0.29) is 18.1 Å². The van der Waals surface area contributed by atoms with E-state index in [9.17, 15) is 9.50 Å². The van der Waals surface area contributed by atoms with Crippen molar-refractivity contribution in [3.63, 3.8) is 0 Å². The lowest BCUT2D eigenvalue weighted by molar-refractivity contribution is 0.141. The molecule has 1 aromatic carbocycles. The zero-order valence-electron chi connectivity index (χ0n) is 7.79. The van der Waals surface area contributed by atoms with E-state index in [1.165, 1.54) is 19.2 Å². The van der Waals surface area contributed by atoms with Gasteiger partial charge in [-0.05, 0) is 24.1 Å². The van der Waals surface area contributed by atoms with Crippen LogP contribution in [0.25, 0.3) is 0 Å². The molecule has 0 unspecified atom stereocenters. The Hall–Kier alpha value is -1.33. The molecule has 0 aliphatic heterocycles. The summed E-state index contributed by atoms with van der Waals surface area (Å²) in [6, 6.07) is 2.69. The number of aromatic hydroxyl groups is 1. The normalized spacial score (nSPS) is 10.2. The van der Waals surface area contributed by atoms with Crippen molar-refractivity contribution in [3.8, 4) is 11.5 Å². The second kappa shape index (κ2) is 4.78. The molecule has 0 saturated heterocycles. The molecule has 0 atom stereocenters. The van der Waals surface area contributed by atoms with Crippen LogP contribution in [-0.4, -0.2) is 18.8 Å². The summed E-state index contributed by atoms with van der Waals surface area (Å²) in [6.45, 7) is 0.269. The second-order valence-electron chi connectivity index (χ2n) is 2.75. The minimum atomic E-state index is -0.598. The number of nitrogens with two attached hydrogens (primary N) is 1. The van der Waals surface area contributed by atoms with Gasteiger partial charge in [-0.3, -0.25) is 0 Å². The Bertz CT molecular complexity index is 294. The first-order chi connectivity index (χ1) is 6.69. The van der Waals surface area contributed by atoms with Crippen LogP contribution in [0.15, 0.2) is 12.1 Å².